The molecule has 0 spiro atoms. The maximum Gasteiger partial charge on any atom is 0.174 e. The van der Waals surface area contributed by atoms with Gasteiger partial charge in [-0.2, -0.15) is 0 Å². The van der Waals surface area contributed by atoms with Crippen LogP contribution in [0.25, 0.3) is 0 Å². The van der Waals surface area contributed by atoms with Crippen LogP contribution in [-0.4, -0.2) is 13.2 Å². The molecule has 0 aliphatic heterocycles. The fraction of sp³-hybridized carbons (Fsp3) is 0.333. The highest BCUT2D eigenvalue weighted by Gasteiger charge is 2.20. The van der Waals surface area contributed by atoms with E-state index in [0.29, 0.717) is 6.61 Å². The minimum absolute atomic E-state index is 0.0678. The zero-order valence-corrected chi connectivity index (χ0v) is 14.6. The van der Waals surface area contributed by atoms with Gasteiger partial charge in [-0.25, -0.2) is 0 Å². The van der Waals surface area contributed by atoms with Crippen LogP contribution in [0.2, 0.25) is 0 Å². The van der Waals surface area contributed by atoms with Crippen LogP contribution in [0.3, 0.4) is 0 Å². The van der Waals surface area contributed by atoms with Crippen molar-refractivity contribution < 1.29 is 9.15 Å². The highest BCUT2D eigenvalue weighted by atomic mass is 79.9. The molecule has 0 fully saturated rings. The van der Waals surface area contributed by atoms with Crippen LogP contribution < -0.4 is 10.1 Å². The molecular formula is C15H17Br2NO2. The number of ether oxygens (including phenoxy) is 1. The van der Waals surface area contributed by atoms with Crippen molar-refractivity contribution in [3.8, 4) is 5.75 Å². The van der Waals surface area contributed by atoms with E-state index in [1.807, 2.05) is 25.1 Å². The lowest BCUT2D eigenvalue weighted by molar-refractivity contribution is 0.340. The summed E-state index contributed by atoms with van der Waals surface area (Å²) in [4.78, 5) is 0. The van der Waals surface area contributed by atoms with Gasteiger partial charge in [-0.1, -0.05) is 28.9 Å². The SMILES string of the molecule is CCNC(c1ccc(OCC)cc1Br)c1ccoc1Br. The molecule has 0 radical (unpaired) electrons. The summed E-state index contributed by atoms with van der Waals surface area (Å²) in [6.07, 6.45) is 1.69. The second-order valence-corrected chi connectivity index (χ2v) is 5.83. The molecule has 1 N–H and O–H groups in total. The molecule has 0 amide bonds. The van der Waals surface area contributed by atoms with Gasteiger partial charge in [0.25, 0.3) is 0 Å². The summed E-state index contributed by atoms with van der Waals surface area (Å²) >= 11 is 7.08. The molecule has 1 aromatic heterocycles. The summed E-state index contributed by atoms with van der Waals surface area (Å²) in [5.74, 6) is 0.865. The molecule has 2 aromatic rings. The van der Waals surface area contributed by atoms with Gasteiger partial charge >= 0.3 is 0 Å². The van der Waals surface area contributed by atoms with Crippen LogP contribution in [0.4, 0.5) is 0 Å². The van der Waals surface area contributed by atoms with Crippen LogP contribution in [-0.2, 0) is 0 Å². The molecule has 20 heavy (non-hydrogen) atoms. The van der Waals surface area contributed by atoms with Crippen LogP contribution in [0.1, 0.15) is 31.0 Å². The summed E-state index contributed by atoms with van der Waals surface area (Å²) in [7, 11) is 0. The van der Waals surface area contributed by atoms with Crippen molar-refractivity contribution >= 4 is 31.9 Å². The number of halogens is 2. The Kier molecular flexibility index (Phi) is 5.69. The zero-order valence-electron chi connectivity index (χ0n) is 11.5. The normalized spacial score (nSPS) is 12.4. The van der Waals surface area contributed by atoms with Crippen molar-refractivity contribution in [2.45, 2.75) is 19.9 Å². The van der Waals surface area contributed by atoms with Crippen molar-refractivity contribution in [1.82, 2.24) is 5.32 Å². The van der Waals surface area contributed by atoms with E-state index in [1.54, 1.807) is 6.26 Å². The Morgan fingerprint density at radius 1 is 1.20 bits per heavy atom. The van der Waals surface area contributed by atoms with E-state index in [9.17, 15) is 0 Å². The predicted octanol–water partition coefficient (Wildman–Crippen LogP) is 4.90. The predicted molar refractivity (Wildman–Crippen MR) is 87.2 cm³/mol. The summed E-state index contributed by atoms with van der Waals surface area (Å²) in [6, 6.07) is 8.10. The van der Waals surface area contributed by atoms with Gasteiger partial charge in [0.15, 0.2) is 4.67 Å². The van der Waals surface area contributed by atoms with Crippen molar-refractivity contribution in [1.29, 1.82) is 0 Å². The van der Waals surface area contributed by atoms with E-state index in [0.717, 1.165) is 32.6 Å². The summed E-state index contributed by atoms with van der Waals surface area (Å²) in [5.41, 5.74) is 2.23. The molecule has 5 heteroatoms. The lowest BCUT2D eigenvalue weighted by Gasteiger charge is -2.19. The van der Waals surface area contributed by atoms with E-state index in [2.05, 4.69) is 50.2 Å². The van der Waals surface area contributed by atoms with E-state index >= 15 is 0 Å². The van der Waals surface area contributed by atoms with Gasteiger partial charge in [0.05, 0.1) is 18.9 Å². The number of furan rings is 1. The molecule has 0 saturated heterocycles. The fourth-order valence-electron chi connectivity index (χ4n) is 2.10. The molecule has 1 heterocycles. The smallest absolute Gasteiger partial charge is 0.174 e. The number of hydrogen-bond acceptors (Lipinski definition) is 3. The molecule has 0 aliphatic carbocycles. The van der Waals surface area contributed by atoms with E-state index in [1.165, 1.54) is 0 Å². The lowest BCUT2D eigenvalue weighted by atomic mass is 10.0. The maximum absolute atomic E-state index is 5.52. The van der Waals surface area contributed by atoms with Gasteiger partial charge in [-0.15, -0.1) is 0 Å². The average molecular weight is 403 g/mol. The minimum atomic E-state index is 0.0678. The largest absolute Gasteiger partial charge is 0.494 e. The number of hydrogen-bond donors (Lipinski definition) is 1. The molecular weight excluding hydrogens is 386 g/mol. The Bertz CT molecular complexity index is 569. The van der Waals surface area contributed by atoms with E-state index < -0.39 is 0 Å². The first-order chi connectivity index (χ1) is 9.67. The Labute approximate surface area is 136 Å². The first kappa shape index (κ1) is 15.6. The number of benzene rings is 1. The van der Waals surface area contributed by atoms with Crippen molar-refractivity contribution in [2.75, 3.05) is 13.2 Å². The van der Waals surface area contributed by atoms with Gasteiger partial charge < -0.3 is 14.5 Å². The number of nitrogens with one attached hydrogen (secondary N) is 1. The van der Waals surface area contributed by atoms with Gasteiger partial charge in [-0.05, 0) is 53.2 Å². The topological polar surface area (TPSA) is 34.4 Å². The van der Waals surface area contributed by atoms with Gasteiger partial charge in [-0.3, -0.25) is 0 Å². The third kappa shape index (κ3) is 3.45. The Morgan fingerprint density at radius 2 is 2.00 bits per heavy atom. The third-order valence-corrected chi connectivity index (χ3v) is 4.29. The minimum Gasteiger partial charge on any atom is -0.494 e. The highest BCUT2D eigenvalue weighted by molar-refractivity contribution is 9.10. The summed E-state index contributed by atoms with van der Waals surface area (Å²) in [6.45, 7) is 5.59. The highest BCUT2D eigenvalue weighted by Crippen LogP contribution is 2.35. The monoisotopic (exact) mass is 401 g/mol. The van der Waals surface area contributed by atoms with Gasteiger partial charge in [0.1, 0.15) is 5.75 Å². The zero-order chi connectivity index (χ0) is 14.5. The second kappa shape index (κ2) is 7.29. The average Bonchev–Trinajstić information content (AvgIpc) is 2.83. The van der Waals surface area contributed by atoms with E-state index in [4.69, 9.17) is 9.15 Å². The van der Waals surface area contributed by atoms with Crippen LogP contribution >= 0.6 is 31.9 Å². The van der Waals surface area contributed by atoms with E-state index in [-0.39, 0.29) is 6.04 Å². The van der Waals surface area contributed by atoms with Gasteiger partial charge in [0.2, 0.25) is 0 Å². The molecule has 108 valence electrons. The van der Waals surface area contributed by atoms with Gasteiger partial charge in [0, 0.05) is 10.0 Å². The molecule has 0 saturated carbocycles. The Hall–Kier alpha value is -0.780. The first-order valence-corrected chi connectivity index (χ1v) is 8.14. The molecule has 1 aromatic carbocycles. The molecule has 1 unspecified atom stereocenters. The fourth-order valence-corrected chi connectivity index (χ4v) is 3.16. The van der Waals surface area contributed by atoms with Crippen LogP contribution in [0.15, 0.2) is 44.1 Å². The van der Waals surface area contributed by atoms with Crippen LogP contribution in [0.5, 0.6) is 5.75 Å². The summed E-state index contributed by atoms with van der Waals surface area (Å²) < 4.78 is 12.6. The Morgan fingerprint density at radius 3 is 2.55 bits per heavy atom. The number of rotatable bonds is 6. The molecule has 0 aliphatic rings. The molecule has 2 rings (SSSR count). The third-order valence-electron chi connectivity index (χ3n) is 2.96. The lowest BCUT2D eigenvalue weighted by Crippen LogP contribution is -2.22. The van der Waals surface area contributed by atoms with Crippen molar-refractivity contribution in [3.63, 3.8) is 0 Å². The van der Waals surface area contributed by atoms with Crippen LogP contribution in [0, 0.1) is 0 Å². The quantitative estimate of drug-likeness (QED) is 0.745. The van der Waals surface area contributed by atoms with Crippen molar-refractivity contribution in [3.05, 3.63) is 50.8 Å². The standard InChI is InChI=1S/C15H17Br2NO2/c1-3-18-14(12-7-8-20-15(12)17)11-6-5-10(19-4-2)9-13(11)16/h5-9,14,18H,3-4H2,1-2H3. The molecule has 0 bridgehead atoms. The Balaban J connectivity index is 2.37. The molecule has 1 atom stereocenters. The first-order valence-electron chi connectivity index (χ1n) is 6.55. The second-order valence-electron chi connectivity index (χ2n) is 4.26. The summed E-state index contributed by atoms with van der Waals surface area (Å²) in [5, 5.41) is 3.47. The molecule has 3 nitrogen and oxygen atoms in total. The van der Waals surface area contributed by atoms with Crippen molar-refractivity contribution in [2.24, 2.45) is 0 Å². The maximum atomic E-state index is 5.52.